The molecule has 1 aromatic carbocycles. The highest BCUT2D eigenvalue weighted by molar-refractivity contribution is 5.94. The van der Waals surface area contributed by atoms with Crippen LogP contribution < -0.4 is 5.43 Å². The summed E-state index contributed by atoms with van der Waals surface area (Å²) in [6.07, 6.45) is 1.23. The predicted molar refractivity (Wildman–Crippen MR) is 74.5 cm³/mol. The van der Waals surface area contributed by atoms with Gasteiger partial charge in [0.25, 0.3) is 5.69 Å². The first kappa shape index (κ1) is 14.6. The number of nitro groups is 1. The van der Waals surface area contributed by atoms with Crippen LogP contribution in [0.25, 0.3) is 0 Å². The predicted octanol–water partition coefficient (Wildman–Crippen LogP) is 3.98. The largest absolute Gasteiger partial charge is 0.416 e. The third-order valence-corrected chi connectivity index (χ3v) is 4.00. The van der Waals surface area contributed by atoms with Gasteiger partial charge in [-0.15, -0.1) is 0 Å². The number of fused-ring (bicyclic) bond motifs is 1. The van der Waals surface area contributed by atoms with Crippen LogP contribution in [0, 0.1) is 22.0 Å². The molecule has 0 aromatic heterocycles. The van der Waals surface area contributed by atoms with Crippen molar-refractivity contribution in [3.63, 3.8) is 0 Å². The van der Waals surface area contributed by atoms with Gasteiger partial charge in [-0.25, -0.2) is 0 Å². The van der Waals surface area contributed by atoms with E-state index in [-0.39, 0.29) is 5.69 Å². The molecular weight excluding hydrogens is 299 g/mol. The van der Waals surface area contributed by atoms with E-state index in [1.807, 2.05) is 0 Å². The second kappa shape index (κ2) is 5.11. The van der Waals surface area contributed by atoms with Crippen LogP contribution in [-0.4, -0.2) is 10.6 Å². The quantitative estimate of drug-likeness (QED) is 0.521. The molecule has 1 saturated carbocycles. The Morgan fingerprint density at radius 3 is 2.77 bits per heavy atom. The van der Waals surface area contributed by atoms with Crippen LogP contribution in [0.1, 0.15) is 18.4 Å². The molecule has 1 N–H and O–H groups in total. The first-order chi connectivity index (χ1) is 10.4. The Balaban J connectivity index is 1.81. The SMILES string of the molecule is O=[N+]([O-])c1cc(C(F)(F)F)ccc1N/N=C1/C[C@@H]2C=CC[C@H]12. The molecule has 0 unspecified atom stereocenters. The Kier molecular flexibility index (Phi) is 3.38. The number of rotatable bonds is 3. The molecule has 3 rings (SSSR count). The molecule has 0 heterocycles. The lowest BCUT2D eigenvalue weighted by molar-refractivity contribution is -0.384. The zero-order valence-electron chi connectivity index (χ0n) is 11.3. The molecule has 22 heavy (non-hydrogen) atoms. The van der Waals surface area contributed by atoms with Crippen molar-refractivity contribution in [1.29, 1.82) is 0 Å². The summed E-state index contributed by atoms with van der Waals surface area (Å²) in [6, 6.07) is 2.35. The topological polar surface area (TPSA) is 67.5 Å². The standard InChI is InChI=1S/C14H12F3N3O2/c15-14(16,17)9-4-5-11(13(7-9)20(21)22)18-19-12-6-8-2-1-3-10(8)12/h1-2,4-5,7-8,10,18H,3,6H2/b19-12-/t8-,10-/m0/s1. The highest BCUT2D eigenvalue weighted by Gasteiger charge is 2.38. The van der Waals surface area contributed by atoms with Gasteiger partial charge in [0.1, 0.15) is 5.69 Å². The van der Waals surface area contributed by atoms with Gasteiger partial charge in [-0.1, -0.05) is 12.2 Å². The fraction of sp³-hybridized carbons (Fsp3) is 0.357. The summed E-state index contributed by atoms with van der Waals surface area (Å²) in [4.78, 5) is 10.1. The fourth-order valence-corrected chi connectivity index (χ4v) is 2.75. The highest BCUT2D eigenvalue weighted by Crippen LogP contribution is 2.40. The summed E-state index contributed by atoms with van der Waals surface area (Å²) < 4.78 is 37.8. The van der Waals surface area contributed by atoms with E-state index in [0.29, 0.717) is 17.9 Å². The minimum atomic E-state index is -4.62. The van der Waals surface area contributed by atoms with Crippen molar-refractivity contribution < 1.29 is 18.1 Å². The van der Waals surface area contributed by atoms with E-state index in [1.54, 1.807) is 0 Å². The summed E-state index contributed by atoms with van der Waals surface area (Å²) in [5, 5.41) is 15.1. The van der Waals surface area contributed by atoms with E-state index in [4.69, 9.17) is 0 Å². The number of hydrogen-bond donors (Lipinski definition) is 1. The van der Waals surface area contributed by atoms with Crippen LogP contribution >= 0.6 is 0 Å². The number of hydrogen-bond acceptors (Lipinski definition) is 4. The normalized spacial score (nSPS) is 25.0. The third-order valence-electron chi connectivity index (χ3n) is 4.00. The fourth-order valence-electron chi connectivity index (χ4n) is 2.75. The first-order valence-corrected chi connectivity index (χ1v) is 6.71. The number of nitro benzene ring substituents is 1. The van der Waals surface area contributed by atoms with Crippen molar-refractivity contribution in [3.8, 4) is 0 Å². The lowest BCUT2D eigenvalue weighted by atomic mass is 9.74. The van der Waals surface area contributed by atoms with Gasteiger partial charge in [0.05, 0.1) is 10.5 Å². The van der Waals surface area contributed by atoms with E-state index >= 15 is 0 Å². The van der Waals surface area contributed by atoms with E-state index < -0.39 is 22.4 Å². The smallest absolute Gasteiger partial charge is 0.272 e. The van der Waals surface area contributed by atoms with Gasteiger partial charge in [-0.3, -0.25) is 15.5 Å². The van der Waals surface area contributed by atoms with Crippen LogP contribution in [0.2, 0.25) is 0 Å². The van der Waals surface area contributed by atoms with E-state index in [0.717, 1.165) is 30.7 Å². The van der Waals surface area contributed by atoms with Gasteiger partial charge < -0.3 is 0 Å². The lowest BCUT2D eigenvalue weighted by Crippen LogP contribution is -2.33. The van der Waals surface area contributed by atoms with Gasteiger partial charge >= 0.3 is 6.18 Å². The van der Waals surface area contributed by atoms with Crippen molar-refractivity contribution in [2.45, 2.75) is 19.0 Å². The van der Waals surface area contributed by atoms with E-state index in [9.17, 15) is 23.3 Å². The number of allylic oxidation sites excluding steroid dienone is 2. The van der Waals surface area contributed by atoms with Gasteiger partial charge in [-0.05, 0) is 30.9 Å². The Bertz CT molecular complexity index is 682. The van der Waals surface area contributed by atoms with Crippen molar-refractivity contribution >= 4 is 17.1 Å². The van der Waals surface area contributed by atoms with E-state index in [2.05, 4.69) is 22.7 Å². The lowest BCUT2D eigenvalue weighted by Gasteiger charge is -2.31. The molecule has 2 aliphatic carbocycles. The first-order valence-electron chi connectivity index (χ1n) is 6.71. The van der Waals surface area contributed by atoms with Crippen molar-refractivity contribution in [3.05, 3.63) is 46.0 Å². The second-order valence-electron chi connectivity index (χ2n) is 5.34. The number of nitrogens with one attached hydrogen (secondary N) is 1. The molecule has 0 amide bonds. The molecule has 2 aliphatic rings. The minimum Gasteiger partial charge on any atom is -0.272 e. The molecule has 116 valence electrons. The maximum absolute atomic E-state index is 12.6. The molecule has 1 fully saturated rings. The second-order valence-corrected chi connectivity index (χ2v) is 5.34. The number of halogens is 3. The third kappa shape index (κ3) is 2.56. The van der Waals surface area contributed by atoms with Crippen LogP contribution in [0.5, 0.6) is 0 Å². The van der Waals surface area contributed by atoms with Crippen molar-refractivity contribution in [2.75, 3.05) is 5.43 Å². The monoisotopic (exact) mass is 311 g/mol. The average Bonchev–Trinajstić information content (AvgIpc) is 2.79. The molecule has 2 atom stereocenters. The zero-order chi connectivity index (χ0) is 15.9. The minimum absolute atomic E-state index is 0.0418. The molecule has 0 saturated heterocycles. The van der Waals surface area contributed by atoms with Gasteiger partial charge in [0.2, 0.25) is 0 Å². The summed E-state index contributed by atoms with van der Waals surface area (Å²) in [5.74, 6) is 0.796. The number of nitrogens with zero attached hydrogens (tertiary/aromatic N) is 2. The number of hydrazone groups is 1. The molecule has 8 heteroatoms. The average molecular weight is 311 g/mol. The highest BCUT2D eigenvalue weighted by atomic mass is 19.4. The maximum Gasteiger partial charge on any atom is 0.416 e. The van der Waals surface area contributed by atoms with Gasteiger partial charge in [-0.2, -0.15) is 18.3 Å². The number of alkyl halides is 3. The summed E-state index contributed by atoms with van der Waals surface area (Å²) in [5.41, 5.74) is 1.70. The molecule has 0 aliphatic heterocycles. The molecule has 0 radical (unpaired) electrons. The Morgan fingerprint density at radius 2 is 2.14 bits per heavy atom. The Hall–Kier alpha value is -2.38. The van der Waals surface area contributed by atoms with Crippen molar-refractivity contribution in [1.82, 2.24) is 0 Å². The molecule has 0 spiro atoms. The van der Waals surface area contributed by atoms with Gasteiger partial charge in [0.15, 0.2) is 0 Å². The maximum atomic E-state index is 12.6. The molecule has 1 aromatic rings. The Morgan fingerprint density at radius 1 is 1.36 bits per heavy atom. The Labute approximate surface area is 123 Å². The zero-order valence-corrected chi connectivity index (χ0v) is 11.3. The van der Waals surface area contributed by atoms with Crippen LogP contribution in [0.15, 0.2) is 35.5 Å². The summed E-state index contributed by atoms with van der Waals surface area (Å²) in [6.45, 7) is 0. The van der Waals surface area contributed by atoms with E-state index in [1.165, 1.54) is 0 Å². The number of benzene rings is 1. The molecule has 5 nitrogen and oxygen atoms in total. The molecule has 0 bridgehead atoms. The molecular formula is C14H12F3N3O2. The van der Waals surface area contributed by atoms with Crippen molar-refractivity contribution in [2.24, 2.45) is 16.9 Å². The summed E-state index contributed by atoms with van der Waals surface area (Å²) in [7, 11) is 0. The summed E-state index contributed by atoms with van der Waals surface area (Å²) >= 11 is 0. The van der Waals surface area contributed by atoms with Gasteiger partial charge in [0, 0.05) is 17.7 Å². The van der Waals surface area contributed by atoms with Crippen LogP contribution in [0.4, 0.5) is 24.5 Å². The number of anilines is 1. The van der Waals surface area contributed by atoms with Crippen LogP contribution in [0.3, 0.4) is 0 Å². The van der Waals surface area contributed by atoms with Crippen LogP contribution in [-0.2, 0) is 6.18 Å².